The molecule has 0 radical (unpaired) electrons. The summed E-state index contributed by atoms with van der Waals surface area (Å²) in [5.74, 6) is 2.31. The first-order valence-electron chi connectivity index (χ1n) is 10.6. The zero-order chi connectivity index (χ0) is 21.5. The molecule has 7 heteroatoms. The van der Waals surface area contributed by atoms with Gasteiger partial charge in [-0.25, -0.2) is 14.8 Å². The van der Waals surface area contributed by atoms with E-state index in [4.69, 9.17) is 15.5 Å². The molecule has 4 rings (SSSR count). The molecule has 2 N–H and O–H groups in total. The SMILES string of the molecule is NC(=O)OCC(Cc1ccccc1)C1CCN(c2ccnc(-c3cccnc3)n2)CC1. The van der Waals surface area contributed by atoms with Crippen LogP contribution in [0.1, 0.15) is 18.4 Å². The van der Waals surface area contributed by atoms with Crippen molar-refractivity contribution in [2.45, 2.75) is 19.3 Å². The van der Waals surface area contributed by atoms with Gasteiger partial charge in [-0.3, -0.25) is 4.98 Å². The van der Waals surface area contributed by atoms with Crippen LogP contribution in [0, 0.1) is 11.8 Å². The maximum absolute atomic E-state index is 11.2. The van der Waals surface area contributed by atoms with E-state index in [0.717, 1.165) is 43.7 Å². The van der Waals surface area contributed by atoms with Gasteiger partial charge in [0.2, 0.25) is 0 Å². The molecule has 1 aliphatic heterocycles. The second-order valence-electron chi connectivity index (χ2n) is 7.88. The van der Waals surface area contributed by atoms with E-state index in [2.05, 4.69) is 27.0 Å². The number of carbonyl (C=O) groups excluding carboxylic acids is 1. The maximum Gasteiger partial charge on any atom is 0.404 e. The molecule has 1 saturated heterocycles. The van der Waals surface area contributed by atoms with Gasteiger partial charge < -0.3 is 15.4 Å². The zero-order valence-corrected chi connectivity index (χ0v) is 17.4. The summed E-state index contributed by atoms with van der Waals surface area (Å²) in [6.45, 7) is 2.15. The molecular weight excluding hydrogens is 390 g/mol. The summed E-state index contributed by atoms with van der Waals surface area (Å²) in [6, 6.07) is 16.1. The Bertz CT molecular complexity index is 976. The van der Waals surface area contributed by atoms with Crippen LogP contribution < -0.4 is 10.6 Å². The highest BCUT2D eigenvalue weighted by molar-refractivity contribution is 5.64. The number of hydrogen-bond donors (Lipinski definition) is 1. The minimum absolute atomic E-state index is 0.244. The Labute approximate surface area is 182 Å². The molecule has 1 unspecified atom stereocenters. The number of amides is 1. The Hall–Kier alpha value is -3.48. The number of rotatable bonds is 7. The van der Waals surface area contributed by atoms with E-state index in [1.807, 2.05) is 36.4 Å². The van der Waals surface area contributed by atoms with Crippen molar-refractivity contribution >= 4 is 11.9 Å². The predicted octanol–water partition coefficient (Wildman–Crippen LogP) is 3.71. The first-order valence-corrected chi connectivity index (χ1v) is 10.6. The number of benzene rings is 1. The molecule has 160 valence electrons. The molecule has 0 spiro atoms. The topological polar surface area (TPSA) is 94.2 Å². The second-order valence-corrected chi connectivity index (χ2v) is 7.88. The molecule has 3 heterocycles. The fourth-order valence-electron chi connectivity index (χ4n) is 4.23. The number of ether oxygens (including phenoxy) is 1. The van der Waals surface area contributed by atoms with Gasteiger partial charge in [-0.2, -0.15) is 0 Å². The third-order valence-corrected chi connectivity index (χ3v) is 5.87. The number of aromatic nitrogens is 3. The number of primary amides is 1. The molecule has 2 aromatic heterocycles. The van der Waals surface area contributed by atoms with Gasteiger partial charge in [-0.05, 0) is 48.9 Å². The van der Waals surface area contributed by atoms with Crippen LogP contribution in [0.4, 0.5) is 10.6 Å². The van der Waals surface area contributed by atoms with E-state index < -0.39 is 6.09 Å². The van der Waals surface area contributed by atoms with Gasteiger partial charge in [0.05, 0.1) is 6.61 Å². The van der Waals surface area contributed by atoms with Crippen molar-refractivity contribution in [2.75, 3.05) is 24.6 Å². The highest BCUT2D eigenvalue weighted by Crippen LogP contribution is 2.30. The molecule has 1 amide bonds. The van der Waals surface area contributed by atoms with Gasteiger partial charge in [0.1, 0.15) is 5.82 Å². The highest BCUT2D eigenvalue weighted by atomic mass is 16.5. The number of carbonyl (C=O) groups is 1. The lowest BCUT2D eigenvalue weighted by atomic mass is 9.81. The van der Waals surface area contributed by atoms with Crippen molar-refractivity contribution in [3.8, 4) is 11.4 Å². The summed E-state index contributed by atoms with van der Waals surface area (Å²) in [5.41, 5.74) is 7.39. The van der Waals surface area contributed by atoms with Gasteiger partial charge in [-0.15, -0.1) is 0 Å². The summed E-state index contributed by atoms with van der Waals surface area (Å²) in [4.78, 5) is 26.8. The smallest absolute Gasteiger partial charge is 0.404 e. The minimum atomic E-state index is -0.709. The van der Waals surface area contributed by atoms with Crippen molar-refractivity contribution in [1.82, 2.24) is 15.0 Å². The van der Waals surface area contributed by atoms with E-state index in [1.165, 1.54) is 5.56 Å². The van der Waals surface area contributed by atoms with E-state index in [1.54, 1.807) is 18.6 Å². The lowest BCUT2D eigenvalue weighted by molar-refractivity contribution is 0.110. The molecule has 0 bridgehead atoms. The number of pyridine rings is 1. The second kappa shape index (κ2) is 10.0. The highest BCUT2D eigenvalue weighted by Gasteiger charge is 2.28. The molecule has 3 aromatic rings. The van der Waals surface area contributed by atoms with Crippen LogP contribution in [0.3, 0.4) is 0 Å². The van der Waals surface area contributed by atoms with Crippen LogP contribution in [0.15, 0.2) is 67.1 Å². The first kappa shape index (κ1) is 20.8. The molecule has 1 fully saturated rings. The van der Waals surface area contributed by atoms with Crippen LogP contribution in [0.25, 0.3) is 11.4 Å². The quantitative estimate of drug-likeness (QED) is 0.630. The van der Waals surface area contributed by atoms with Crippen molar-refractivity contribution < 1.29 is 9.53 Å². The minimum Gasteiger partial charge on any atom is -0.449 e. The number of nitrogens with zero attached hydrogens (tertiary/aromatic N) is 4. The van der Waals surface area contributed by atoms with Crippen molar-refractivity contribution in [2.24, 2.45) is 17.6 Å². The molecule has 0 aliphatic carbocycles. The van der Waals surface area contributed by atoms with E-state index >= 15 is 0 Å². The molecule has 0 saturated carbocycles. The summed E-state index contributed by atoms with van der Waals surface area (Å²) in [6.07, 6.45) is 7.49. The normalized spacial score (nSPS) is 15.4. The van der Waals surface area contributed by atoms with Crippen molar-refractivity contribution in [3.05, 3.63) is 72.7 Å². The Balaban J connectivity index is 1.42. The average Bonchev–Trinajstić information content (AvgIpc) is 2.83. The summed E-state index contributed by atoms with van der Waals surface area (Å²) < 4.78 is 5.20. The van der Waals surface area contributed by atoms with Gasteiger partial charge in [0.25, 0.3) is 0 Å². The maximum atomic E-state index is 11.2. The van der Waals surface area contributed by atoms with E-state index in [-0.39, 0.29) is 5.92 Å². The van der Waals surface area contributed by atoms with Crippen LogP contribution >= 0.6 is 0 Å². The molecule has 31 heavy (non-hydrogen) atoms. The van der Waals surface area contributed by atoms with Gasteiger partial charge >= 0.3 is 6.09 Å². The van der Waals surface area contributed by atoms with Crippen LogP contribution in [-0.4, -0.2) is 40.7 Å². The van der Waals surface area contributed by atoms with Gasteiger partial charge in [-0.1, -0.05) is 30.3 Å². The van der Waals surface area contributed by atoms with Crippen molar-refractivity contribution in [1.29, 1.82) is 0 Å². The first-order chi connectivity index (χ1) is 15.2. The Morgan fingerprint density at radius 1 is 1.10 bits per heavy atom. The van der Waals surface area contributed by atoms with Crippen LogP contribution in [-0.2, 0) is 11.2 Å². The molecule has 1 aromatic carbocycles. The third-order valence-electron chi connectivity index (χ3n) is 5.87. The zero-order valence-electron chi connectivity index (χ0n) is 17.4. The Kier molecular flexibility index (Phi) is 6.72. The standard InChI is InChI=1S/C24H27N5O2/c25-24(30)31-17-21(15-18-5-2-1-3-6-18)19-9-13-29(14-10-19)22-8-12-27-23(28-22)20-7-4-11-26-16-20/h1-8,11-12,16,19,21H,9-10,13-15,17H2,(H2,25,30). The Morgan fingerprint density at radius 2 is 1.90 bits per heavy atom. The van der Waals surface area contributed by atoms with E-state index in [9.17, 15) is 4.79 Å². The number of anilines is 1. The molecule has 1 aliphatic rings. The Morgan fingerprint density at radius 3 is 2.61 bits per heavy atom. The largest absolute Gasteiger partial charge is 0.449 e. The molecular formula is C24H27N5O2. The van der Waals surface area contributed by atoms with Crippen molar-refractivity contribution in [3.63, 3.8) is 0 Å². The lowest BCUT2D eigenvalue weighted by Gasteiger charge is -2.36. The fraction of sp³-hybridized carbons (Fsp3) is 0.333. The predicted molar refractivity (Wildman–Crippen MR) is 119 cm³/mol. The lowest BCUT2D eigenvalue weighted by Crippen LogP contribution is -2.38. The fourth-order valence-corrected chi connectivity index (χ4v) is 4.23. The van der Waals surface area contributed by atoms with Crippen LogP contribution in [0.2, 0.25) is 0 Å². The van der Waals surface area contributed by atoms with Crippen LogP contribution in [0.5, 0.6) is 0 Å². The number of nitrogens with two attached hydrogens (primary N) is 1. The van der Waals surface area contributed by atoms with Gasteiger partial charge in [0, 0.05) is 43.2 Å². The summed E-state index contributed by atoms with van der Waals surface area (Å²) >= 11 is 0. The van der Waals surface area contributed by atoms with Gasteiger partial charge in [0.15, 0.2) is 5.82 Å². The monoisotopic (exact) mass is 417 g/mol. The van der Waals surface area contributed by atoms with E-state index in [0.29, 0.717) is 18.3 Å². The number of piperidine rings is 1. The molecule has 1 atom stereocenters. The summed E-state index contributed by atoms with van der Waals surface area (Å²) in [7, 11) is 0. The average molecular weight is 418 g/mol. The summed E-state index contributed by atoms with van der Waals surface area (Å²) in [5, 5.41) is 0. The number of hydrogen-bond acceptors (Lipinski definition) is 6. The molecule has 7 nitrogen and oxygen atoms in total. The third kappa shape index (κ3) is 5.57.